The van der Waals surface area contributed by atoms with E-state index in [9.17, 15) is 4.79 Å². The van der Waals surface area contributed by atoms with Gasteiger partial charge in [-0.05, 0) is 43.4 Å². The van der Waals surface area contributed by atoms with Gasteiger partial charge in [0.15, 0.2) is 0 Å². The molecule has 0 bridgehead atoms. The van der Waals surface area contributed by atoms with Crippen LogP contribution in [0.2, 0.25) is 0 Å². The molecule has 1 unspecified atom stereocenters. The number of nitrogens with zero attached hydrogens (tertiary/aromatic N) is 1. The van der Waals surface area contributed by atoms with Gasteiger partial charge in [0.2, 0.25) is 5.91 Å². The predicted molar refractivity (Wildman–Crippen MR) is 78.7 cm³/mol. The van der Waals surface area contributed by atoms with Crippen molar-refractivity contribution in [3.63, 3.8) is 0 Å². The monoisotopic (exact) mass is 322 g/mol. The third kappa shape index (κ3) is 3.37. The Labute approximate surface area is 122 Å². The first-order chi connectivity index (χ1) is 9.22. The van der Waals surface area contributed by atoms with Crippen molar-refractivity contribution >= 4 is 21.8 Å². The molecule has 3 nitrogen and oxygen atoms in total. The Bertz CT molecular complexity index is 456. The van der Waals surface area contributed by atoms with E-state index >= 15 is 0 Å². The van der Waals surface area contributed by atoms with Crippen molar-refractivity contribution < 1.29 is 4.79 Å². The first kappa shape index (κ1) is 13.1. The minimum atomic E-state index is 0.0525. The van der Waals surface area contributed by atoms with Gasteiger partial charge < -0.3 is 10.2 Å². The number of piperidine rings is 1. The zero-order chi connectivity index (χ0) is 13.2. The number of hydrogen-bond acceptors (Lipinski definition) is 2. The molecule has 1 aliphatic heterocycles. The molecule has 1 amide bonds. The van der Waals surface area contributed by atoms with Gasteiger partial charge in [0.25, 0.3) is 0 Å². The molecule has 0 spiro atoms. The molecule has 1 aromatic rings. The van der Waals surface area contributed by atoms with Crippen LogP contribution < -0.4 is 5.32 Å². The lowest BCUT2D eigenvalue weighted by Gasteiger charge is -2.33. The van der Waals surface area contributed by atoms with E-state index in [1.165, 1.54) is 18.4 Å². The lowest BCUT2D eigenvalue weighted by Crippen LogP contribution is -2.50. The van der Waals surface area contributed by atoms with Gasteiger partial charge in [-0.1, -0.05) is 28.1 Å². The average Bonchev–Trinajstić information content (AvgIpc) is 3.21. The summed E-state index contributed by atoms with van der Waals surface area (Å²) < 4.78 is 1.08. The van der Waals surface area contributed by atoms with Crippen LogP contribution in [0.4, 0.5) is 0 Å². The molecule has 1 atom stereocenters. The number of halogens is 1. The molecule has 1 saturated carbocycles. The highest BCUT2D eigenvalue weighted by molar-refractivity contribution is 9.10. The Morgan fingerprint density at radius 1 is 1.21 bits per heavy atom. The van der Waals surface area contributed by atoms with Crippen LogP contribution in [0.15, 0.2) is 28.7 Å². The summed E-state index contributed by atoms with van der Waals surface area (Å²) in [6.45, 7) is 1.62. The smallest absolute Gasteiger partial charge is 0.240 e. The fourth-order valence-corrected chi connectivity index (χ4v) is 2.86. The second-order valence-electron chi connectivity index (χ2n) is 5.52. The van der Waals surface area contributed by atoms with Crippen LogP contribution in [-0.4, -0.2) is 29.4 Å². The van der Waals surface area contributed by atoms with Gasteiger partial charge in [0, 0.05) is 23.6 Å². The molecule has 4 heteroatoms. The molecule has 102 valence electrons. The fraction of sp³-hybridized carbons (Fsp3) is 0.533. The van der Waals surface area contributed by atoms with Gasteiger partial charge >= 0.3 is 0 Å². The third-order valence-corrected chi connectivity index (χ3v) is 4.36. The maximum atomic E-state index is 12.4. The van der Waals surface area contributed by atoms with E-state index in [1.807, 2.05) is 17.0 Å². The van der Waals surface area contributed by atoms with E-state index in [0.717, 1.165) is 30.4 Å². The SMILES string of the molecule is O=C1C(NC2CC2)CCCN1Cc1ccc(Br)cc1. The maximum Gasteiger partial charge on any atom is 0.240 e. The molecule has 1 aliphatic carbocycles. The van der Waals surface area contributed by atoms with Crippen LogP contribution in [0.1, 0.15) is 31.2 Å². The summed E-state index contributed by atoms with van der Waals surface area (Å²) in [5.74, 6) is 0.279. The minimum absolute atomic E-state index is 0.0525. The molecule has 2 aliphatic rings. The molecular formula is C15H19BrN2O. The average molecular weight is 323 g/mol. The Hall–Kier alpha value is -0.870. The van der Waals surface area contributed by atoms with Gasteiger partial charge in [0.1, 0.15) is 0 Å². The summed E-state index contributed by atoms with van der Waals surface area (Å²) >= 11 is 3.44. The first-order valence-electron chi connectivity index (χ1n) is 7.01. The number of amides is 1. The van der Waals surface area contributed by atoms with Gasteiger partial charge in [-0.2, -0.15) is 0 Å². The zero-order valence-corrected chi connectivity index (χ0v) is 12.5. The van der Waals surface area contributed by atoms with E-state index in [2.05, 4.69) is 33.4 Å². The number of likely N-dealkylation sites (tertiary alicyclic amines) is 1. The summed E-state index contributed by atoms with van der Waals surface area (Å²) in [4.78, 5) is 14.4. The number of nitrogens with one attached hydrogen (secondary N) is 1. The van der Waals surface area contributed by atoms with E-state index in [4.69, 9.17) is 0 Å². The third-order valence-electron chi connectivity index (χ3n) is 3.83. The Balaban J connectivity index is 1.62. The Morgan fingerprint density at radius 3 is 2.63 bits per heavy atom. The van der Waals surface area contributed by atoms with Gasteiger partial charge in [-0.3, -0.25) is 4.79 Å². The van der Waals surface area contributed by atoms with Crippen molar-refractivity contribution in [3.8, 4) is 0 Å². The van der Waals surface area contributed by atoms with Crippen molar-refractivity contribution in [2.75, 3.05) is 6.54 Å². The van der Waals surface area contributed by atoms with Gasteiger partial charge in [-0.15, -0.1) is 0 Å². The molecule has 2 fully saturated rings. The van der Waals surface area contributed by atoms with Crippen LogP contribution in [-0.2, 0) is 11.3 Å². The van der Waals surface area contributed by atoms with E-state index in [-0.39, 0.29) is 11.9 Å². The van der Waals surface area contributed by atoms with Crippen LogP contribution in [0.3, 0.4) is 0 Å². The quantitative estimate of drug-likeness (QED) is 0.924. The topological polar surface area (TPSA) is 32.3 Å². The Morgan fingerprint density at radius 2 is 1.95 bits per heavy atom. The van der Waals surface area contributed by atoms with Crippen molar-refractivity contribution in [1.29, 1.82) is 0 Å². The molecule has 1 aromatic carbocycles. The van der Waals surface area contributed by atoms with Crippen LogP contribution in [0.25, 0.3) is 0 Å². The predicted octanol–water partition coefficient (Wildman–Crippen LogP) is 2.69. The van der Waals surface area contributed by atoms with Gasteiger partial charge in [-0.25, -0.2) is 0 Å². The molecule has 1 N–H and O–H groups in total. The Kier molecular flexibility index (Phi) is 3.89. The maximum absolute atomic E-state index is 12.4. The van der Waals surface area contributed by atoms with Crippen LogP contribution >= 0.6 is 15.9 Å². The number of carbonyl (C=O) groups is 1. The second-order valence-corrected chi connectivity index (χ2v) is 6.44. The summed E-state index contributed by atoms with van der Waals surface area (Å²) in [5.41, 5.74) is 1.20. The fourth-order valence-electron chi connectivity index (χ4n) is 2.60. The summed E-state index contributed by atoms with van der Waals surface area (Å²) in [6, 6.07) is 8.87. The molecule has 1 heterocycles. The lowest BCUT2D eigenvalue weighted by molar-refractivity contribution is -0.136. The van der Waals surface area contributed by atoms with Crippen LogP contribution in [0.5, 0.6) is 0 Å². The summed E-state index contributed by atoms with van der Waals surface area (Å²) in [6.07, 6.45) is 4.56. The van der Waals surface area contributed by atoms with E-state index in [1.54, 1.807) is 0 Å². The highest BCUT2D eigenvalue weighted by Crippen LogP contribution is 2.23. The number of benzene rings is 1. The number of rotatable bonds is 4. The largest absolute Gasteiger partial charge is 0.337 e. The molecule has 3 rings (SSSR count). The minimum Gasteiger partial charge on any atom is -0.337 e. The molecule has 0 radical (unpaired) electrons. The molecule has 0 aromatic heterocycles. The van der Waals surface area contributed by atoms with E-state index < -0.39 is 0 Å². The van der Waals surface area contributed by atoms with E-state index in [0.29, 0.717) is 6.04 Å². The first-order valence-corrected chi connectivity index (χ1v) is 7.81. The zero-order valence-electron chi connectivity index (χ0n) is 10.9. The lowest BCUT2D eigenvalue weighted by atomic mass is 10.0. The van der Waals surface area contributed by atoms with Gasteiger partial charge in [0.05, 0.1) is 6.04 Å². The summed E-state index contributed by atoms with van der Waals surface area (Å²) in [7, 11) is 0. The van der Waals surface area contributed by atoms with Crippen LogP contribution in [0, 0.1) is 0 Å². The van der Waals surface area contributed by atoms with Crippen molar-refractivity contribution in [1.82, 2.24) is 10.2 Å². The highest BCUT2D eigenvalue weighted by atomic mass is 79.9. The molecule has 19 heavy (non-hydrogen) atoms. The standard InChI is InChI=1S/C15H19BrN2O/c16-12-5-3-11(4-6-12)10-18-9-1-2-14(15(18)19)17-13-7-8-13/h3-6,13-14,17H,1-2,7-10H2. The molecule has 1 saturated heterocycles. The molecular weight excluding hydrogens is 304 g/mol. The highest BCUT2D eigenvalue weighted by Gasteiger charge is 2.33. The normalized spacial score (nSPS) is 23.7. The number of carbonyl (C=O) groups excluding carboxylic acids is 1. The number of hydrogen-bond donors (Lipinski definition) is 1. The van der Waals surface area contributed by atoms with Crippen molar-refractivity contribution in [3.05, 3.63) is 34.3 Å². The van der Waals surface area contributed by atoms with Crippen molar-refractivity contribution in [2.45, 2.75) is 44.3 Å². The van der Waals surface area contributed by atoms with Crippen molar-refractivity contribution in [2.24, 2.45) is 0 Å². The second kappa shape index (κ2) is 5.63. The summed E-state index contributed by atoms with van der Waals surface area (Å²) in [5, 5.41) is 3.47.